The van der Waals surface area contributed by atoms with Crippen molar-refractivity contribution in [1.82, 2.24) is 10.2 Å². The fraction of sp³-hybridized carbons (Fsp3) is 0.394. The Kier molecular flexibility index (Phi) is 11.5. The lowest BCUT2D eigenvalue weighted by atomic mass is 10.0. The van der Waals surface area contributed by atoms with Crippen LogP contribution in [0.4, 0.5) is 5.69 Å². The lowest BCUT2D eigenvalue weighted by Gasteiger charge is -2.32. The minimum Gasteiger partial charge on any atom is -0.354 e. The Morgan fingerprint density at radius 1 is 0.878 bits per heavy atom. The van der Waals surface area contributed by atoms with Crippen LogP contribution in [0.5, 0.6) is 0 Å². The summed E-state index contributed by atoms with van der Waals surface area (Å²) in [4.78, 5) is 29.0. The largest absolute Gasteiger partial charge is 0.354 e. The van der Waals surface area contributed by atoms with Crippen molar-refractivity contribution >= 4 is 27.5 Å². The normalized spacial score (nSPS) is 12.0. The molecule has 2 amide bonds. The van der Waals surface area contributed by atoms with Crippen LogP contribution in [0.2, 0.25) is 0 Å². The summed E-state index contributed by atoms with van der Waals surface area (Å²) in [5.74, 6) is -0.378. The van der Waals surface area contributed by atoms with Crippen molar-refractivity contribution in [3.63, 3.8) is 0 Å². The molecule has 0 unspecified atom stereocenters. The summed E-state index contributed by atoms with van der Waals surface area (Å²) in [6.07, 6.45) is 2.78. The number of amides is 2. The van der Waals surface area contributed by atoms with Gasteiger partial charge in [-0.1, -0.05) is 79.2 Å². The van der Waals surface area contributed by atoms with E-state index in [1.54, 1.807) is 4.90 Å². The summed E-state index contributed by atoms with van der Waals surface area (Å²) in [5, 5.41) is 2.99. The first kappa shape index (κ1) is 31.9. The molecule has 3 aromatic carbocycles. The van der Waals surface area contributed by atoms with Crippen molar-refractivity contribution in [2.75, 3.05) is 23.7 Å². The second-order valence-electron chi connectivity index (χ2n) is 10.7. The zero-order chi connectivity index (χ0) is 30.0. The molecule has 1 atom stereocenters. The van der Waals surface area contributed by atoms with E-state index in [1.807, 2.05) is 100 Å². The Hall–Kier alpha value is -3.65. The number of hydrogen-bond donors (Lipinski definition) is 1. The molecule has 0 aliphatic carbocycles. The number of nitrogens with one attached hydrogen (secondary N) is 1. The van der Waals surface area contributed by atoms with E-state index in [-0.39, 0.29) is 31.3 Å². The second kappa shape index (κ2) is 14.8. The van der Waals surface area contributed by atoms with Gasteiger partial charge in [0.25, 0.3) is 0 Å². The SMILES string of the molecule is CCCNC(=O)[C@H](Cc1ccccc1)N(Cc1ccc(C)cc1)C(=O)CCCN(c1cc(C)ccc1C)S(C)(=O)=O. The first-order valence-electron chi connectivity index (χ1n) is 14.2. The zero-order valence-corrected chi connectivity index (χ0v) is 25.7. The first-order chi connectivity index (χ1) is 19.5. The highest BCUT2D eigenvalue weighted by molar-refractivity contribution is 7.92. The van der Waals surface area contributed by atoms with Gasteiger partial charge in [0.2, 0.25) is 21.8 Å². The molecule has 0 saturated heterocycles. The number of hydrogen-bond acceptors (Lipinski definition) is 4. The fourth-order valence-corrected chi connectivity index (χ4v) is 5.80. The number of rotatable bonds is 14. The minimum absolute atomic E-state index is 0.106. The molecule has 220 valence electrons. The molecule has 41 heavy (non-hydrogen) atoms. The third-order valence-electron chi connectivity index (χ3n) is 7.08. The summed E-state index contributed by atoms with van der Waals surface area (Å²) < 4.78 is 26.9. The maximum Gasteiger partial charge on any atom is 0.243 e. The van der Waals surface area contributed by atoms with Gasteiger partial charge in [-0.05, 0) is 61.9 Å². The van der Waals surface area contributed by atoms with Gasteiger partial charge in [-0.25, -0.2) is 8.42 Å². The first-order valence-corrected chi connectivity index (χ1v) is 16.1. The predicted molar refractivity (Wildman–Crippen MR) is 166 cm³/mol. The number of sulfonamides is 1. The zero-order valence-electron chi connectivity index (χ0n) is 24.9. The Morgan fingerprint density at radius 2 is 1.54 bits per heavy atom. The van der Waals surface area contributed by atoms with Crippen LogP contribution in [0.15, 0.2) is 72.8 Å². The topological polar surface area (TPSA) is 86.8 Å². The van der Waals surface area contributed by atoms with Gasteiger partial charge in [-0.3, -0.25) is 13.9 Å². The molecule has 0 aliphatic heterocycles. The molecular formula is C33H43N3O4S. The molecule has 8 heteroatoms. The summed E-state index contributed by atoms with van der Waals surface area (Å²) in [7, 11) is -3.56. The smallest absolute Gasteiger partial charge is 0.243 e. The van der Waals surface area contributed by atoms with Crippen LogP contribution in [0.1, 0.15) is 54.0 Å². The highest BCUT2D eigenvalue weighted by Crippen LogP contribution is 2.25. The summed E-state index contributed by atoms with van der Waals surface area (Å²) in [5.41, 5.74) is 5.44. The van der Waals surface area contributed by atoms with Gasteiger partial charge in [0.1, 0.15) is 6.04 Å². The highest BCUT2D eigenvalue weighted by Gasteiger charge is 2.30. The van der Waals surface area contributed by atoms with E-state index >= 15 is 0 Å². The van der Waals surface area contributed by atoms with Crippen molar-refractivity contribution in [2.45, 2.75) is 66.0 Å². The molecule has 0 aromatic heterocycles. The Morgan fingerprint density at radius 3 is 2.17 bits per heavy atom. The number of nitrogens with zero attached hydrogens (tertiary/aromatic N) is 2. The lowest BCUT2D eigenvalue weighted by molar-refractivity contribution is -0.141. The number of benzene rings is 3. The molecule has 7 nitrogen and oxygen atoms in total. The summed E-state index contributed by atoms with van der Waals surface area (Å²) in [6, 6.07) is 22.6. The van der Waals surface area contributed by atoms with E-state index < -0.39 is 16.1 Å². The lowest BCUT2D eigenvalue weighted by Crippen LogP contribution is -2.50. The second-order valence-corrected chi connectivity index (χ2v) is 12.6. The third-order valence-corrected chi connectivity index (χ3v) is 8.26. The quantitative estimate of drug-likeness (QED) is 0.281. The van der Waals surface area contributed by atoms with Crippen LogP contribution in [0.25, 0.3) is 0 Å². The molecular weight excluding hydrogens is 534 g/mol. The maximum absolute atomic E-state index is 13.9. The molecule has 1 N–H and O–H groups in total. The van der Waals surface area contributed by atoms with Gasteiger partial charge in [0.15, 0.2) is 0 Å². The van der Waals surface area contributed by atoms with Crippen molar-refractivity contribution in [3.8, 4) is 0 Å². The van der Waals surface area contributed by atoms with E-state index in [1.165, 1.54) is 10.6 Å². The molecule has 3 rings (SSSR count). The number of carbonyl (C=O) groups is 2. The van der Waals surface area contributed by atoms with Gasteiger partial charge < -0.3 is 10.2 Å². The number of carbonyl (C=O) groups excluding carboxylic acids is 2. The van der Waals surface area contributed by atoms with Crippen LogP contribution in [0, 0.1) is 20.8 Å². The minimum atomic E-state index is -3.56. The molecule has 3 aromatic rings. The standard InChI is InChI=1S/C33H43N3O4S/c1-6-20-34-33(38)31(23-28-11-8-7-9-12-28)35(24-29-18-15-25(2)16-19-29)32(37)13-10-21-36(41(5,39)40)30-22-26(3)14-17-27(30)4/h7-9,11-12,14-19,22,31H,6,10,13,20-21,23-24H2,1-5H3,(H,34,38)/t31-/m0/s1. The Balaban J connectivity index is 1.88. The predicted octanol–water partition coefficient (Wildman–Crippen LogP) is 5.32. The molecule has 0 heterocycles. The van der Waals surface area contributed by atoms with Gasteiger partial charge in [0.05, 0.1) is 11.9 Å². The van der Waals surface area contributed by atoms with Crippen molar-refractivity contribution in [1.29, 1.82) is 0 Å². The van der Waals surface area contributed by atoms with E-state index in [9.17, 15) is 18.0 Å². The average molecular weight is 578 g/mol. The van der Waals surface area contributed by atoms with E-state index in [0.717, 1.165) is 34.2 Å². The van der Waals surface area contributed by atoms with Crippen molar-refractivity contribution in [3.05, 3.63) is 101 Å². The Labute approximate surface area is 245 Å². The van der Waals surface area contributed by atoms with Gasteiger partial charge in [0, 0.05) is 32.5 Å². The average Bonchev–Trinajstić information content (AvgIpc) is 2.94. The van der Waals surface area contributed by atoms with Gasteiger partial charge in [-0.2, -0.15) is 0 Å². The Bertz CT molecular complexity index is 1410. The monoisotopic (exact) mass is 577 g/mol. The fourth-order valence-electron chi connectivity index (χ4n) is 4.78. The van der Waals surface area contributed by atoms with Crippen LogP contribution in [-0.4, -0.2) is 50.5 Å². The van der Waals surface area contributed by atoms with Crippen molar-refractivity contribution < 1.29 is 18.0 Å². The van der Waals surface area contributed by atoms with Crippen LogP contribution >= 0.6 is 0 Å². The molecule has 0 saturated carbocycles. The van der Waals surface area contributed by atoms with Crippen LogP contribution in [-0.2, 0) is 32.6 Å². The molecule has 0 fully saturated rings. The number of anilines is 1. The summed E-state index contributed by atoms with van der Waals surface area (Å²) in [6.45, 7) is 8.77. The third kappa shape index (κ3) is 9.46. The van der Waals surface area contributed by atoms with Crippen LogP contribution < -0.4 is 9.62 Å². The van der Waals surface area contributed by atoms with E-state index in [0.29, 0.717) is 25.1 Å². The molecule has 0 bridgehead atoms. The van der Waals surface area contributed by atoms with E-state index in [2.05, 4.69) is 5.32 Å². The van der Waals surface area contributed by atoms with Crippen molar-refractivity contribution in [2.24, 2.45) is 0 Å². The molecule has 0 spiro atoms. The van der Waals surface area contributed by atoms with E-state index in [4.69, 9.17) is 0 Å². The summed E-state index contributed by atoms with van der Waals surface area (Å²) >= 11 is 0. The number of aryl methyl sites for hydroxylation is 3. The highest BCUT2D eigenvalue weighted by atomic mass is 32.2. The van der Waals surface area contributed by atoms with Crippen LogP contribution in [0.3, 0.4) is 0 Å². The maximum atomic E-state index is 13.9. The van der Waals surface area contributed by atoms with Gasteiger partial charge >= 0.3 is 0 Å². The molecule has 0 radical (unpaired) electrons. The van der Waals surface area contributed by atoms with Gasteiger partial charge in [-0.15, -0.1) is 0 Å². The molecule has 0 aliphatic rings.